The lowest BCUT2D eigenvalue weighted by molar-refractivity contribution is -0.148. The maximum Gasteiger partial charge on any atom is 0.449 e. The van der Waals surface area contributed by atoms with E-state index in [0.29, 0.717) is 31.9 Å². The van der Waals surface area contributed by atoms with Crippen LogP contribution in [0.2, 0.25) is 0 Å². The maximum atomic E-state index is 13.3. The van der Waals surface area contributed by atoms with Crippen molar-refractivity contribution in [2.75, 3.05) is 32.8 Å². The minimum Gasteiger partial charge on any atom is -0.379 e. The van der Waals surface area contributed by atoms with Gasteiger partial charge in [0.25, 0.3) is 5.56 Å². The monoisotopic (exact) mass is 344 g/mol. The van der Waals surface area contributed by atoms with Crippen molar-refractivity contribution in [2.45, 2.75) is 26.1 Å². The molecule has 0 unspecified atom stereocenters. The minimum absolute atomic E-state index is 0.0157. The quantitative estimate of drug-likeness (QED) is 0.918. The number of rotatable bonds is 4. The summed E-state index contributed by atoms with van der Waals surface area (Å²) in [6.45, 7) is 5.06. The molecule has 1 fully saturated rings. The molecular weight excluding hydrogens is 325 g/mol. The Bertz CT molecular complexity index is 775. The van der Waals surface area contributed by atoms with Crippen molar-refractivity contribution in [3.63, 3.8) is 0 Å². The number of alkyl halides is 3. The van der Waals surface area contributed by atoms with E-state index in [1.54, 1.807) is 6.92 Å². The first kappa shape index (κ1) is 17.0. The van der Waals surface area contributed by atoms with E-state index in [2.05, 4.69) is 14.9 Å². The van der Waals surface area contributed by atoms with Gasteiger partial charge >= 0.3 is 6.18 Å². The molecule has 3 rings (SSSR count). The molecule has 0 radical (unpaired) electrons. The second kappa shape index (κ2) is 6.56. The number of fused-ring (bicyclic) bond motifs is 1. The molecule has 0 aliphatic carbocycles. The number of halogens is 3. The lowest BCUT2D eigenvalue weighted by Gasteiger charge is -2.26. The average molecular weight is 344 g/mol. The summed E-state index contributed by atoms with van der Waals surface area (Å²) < 4.78 is 45.8. The zero-order chi connectivity index (χ0) is 17.3. The molecule has 0 saturated carbocycles. The summed E-state index contributed by atoms with van der Waals surface area (Å²) in [6, 6.07) is 1.53. The van der Waals surface area contributed by atoms with E-state index < -0.39 is 17.6 Å². The Balaban J connectivity index is 1.87. The summed E-state index contributed by atoms with van der Waals surface area (Å²) in [5.74, 6) is -1.15. The highest BCUT2D eigenvalue weighted by Gasteiger charge is 2.37. The molecule has 1 N–H and O–H groups in total. The van der Waals surface area contributed by atoms with Crippen molar-refractivity contribution in [3.8, 4) is 0 Å². The molecule has 1 saturated heterocycles. The number of aromatic nitrogens is 3. The number of aryl methyl sites for hydroxylation is 1. The van der Waals surface area contributed by atoms with Crippen LogP contribution in [-0.2, 0) is 17.5 Å². The Morgan fingerprint density at radius 2 is 2.00 bits per heavy atom. The molecule has 24 heavy (non-hydrogen) atoms. The lowest BCUT2D eigenvalue weighted by Crippen LogP contribution is -2.38. The Kier molecular flexibility index (Phi) is 4.64. The highest BCUT2D eigenvalue weighted by molar-refractivity contribution is 5.75. The third kappa shape index (κ3) is 3.46. The van der Waals surface area contributed by atoms with E-state index in [1.807, 2.05) is 0 Å². The van der Waals surface area contributed by atoms with Gasteiger partial charge in [-0.25, -0.2) is 4.98 Å². The van der Waals surface area contributed by atoms with E-state index in [4.69, 9.17) is 4.74 Å². The van der Waals surface area contributed by atoms with E-state index in [0.717, 1.165) is 17.7 Å². The van der Waals surface area contributed by atoms with Crippen molar-refractivity contribution in [2.24, 2.45) is 0 Å². The zero-order valence-electron chi connectivity index (χ0n) is 13.3. The molecule has 0 bridgehead atoms. The predicted octanol–water partition coefficient (Wildman–Crippen LogP) is 1.77. The first-order valence-electron chi connectivity index (χ1n) is 7.84. The van der Waals surface area contributed by atoms with Crippen LogP contribution < -0.4 is 5.56 Å². The fraction of sp³-hybridized carbons (Fsp3) is 0.600. The maximum absolute atomic E-state index is 13.3. The fourth-order valence-electron chi connectivity index (χ4n) is 2.94. The number of morpholine rings is 1. The van der Waals surface area contributed by atoms with Crippen LogP contribution in [-0.4, -0.2) is 52.3 Å². The van der Waals surface area contributed by atoms with Gasteiger partial charge in [-0.15, -0.1) is 0 Å². The van der Waals surface area contributed by atoms with Crippen LogP contribution in [0.15, 0.2) is 10.9 Å². The number of H-pyrrole nitrogens is 1. The standard InChI is InChI=1S/C15H19F3N4O2/c1-10-9-11-12(19-10)20-14(15(16,17)18)22(13(11)23)4-2-3-21-5-7-24-8-6-21/h9,19H,2-8H2,1H3. The van der Waals surface area contributed by atoms with Crippen molar-refractivity contribution in [3.05, 3.63) is 27.9 Å². The van der Waals surface area contributed by atoms with Gasteiger partial charge in [0.1, 0.15) is 5.65 Å². The number of hydrogen-bond acceptors (Lipinski definition) is 4. The zero-order valence-corrected chi connectivity index (χ0v) is 13.3. The summed E-state index contributed by atoms with van der Waals surface area (Å²) in [5.41, 5.74) is -0.0679. The molecule has 0 amide bonds. The van der Waals surface area contributed by atoms with Crippen LogP contribution >= 0.6 is 0 Å². The summed E-state index contributed by atoms with van der Waals surface area (Å²) in [7, 11) is 0. The van der Waals surface area contributed by atoms with Crippen molar-refractivity contribution < 1.29 is 17.9 Å². The Morgan fingerprint density at radius 1 is 1.29 bits per heavy atom. The fourth-order valence-corrected chi connectivity index (χ4v) is 2.94. The normalized spacial score (nSPS) is 16.8. The van der Waals surface area contributed by atoms with E-state index in [-0.39, 0.29) is 17.6 Å². The summed E-state index contributed by atoms with van der Waals surface area (Å²) >= 11 is 0. The molecule has 0 spiro atoms. The molecule has 1 aliphatic rings. The molecule has 3 heterocycles. The second-order valence-electron chi connectivity index (χ2n) is 5.91. The number of hydrogen-bond donors (Lipinski definition) is 1. The smallest absolute Gasteiger partial charge is 0.379 e. The molecule has 132 valence electrons. The Labute approximate surface area is 136 Å². The molecule has 2 aromatic heterocycles. The minimum atomic E-state index is -4.68. The third-order valence-electron chi connectivity index (χ3n) is 4.09. The topological polar surface area (TPSA) is 63.1 Å². The van der Waals surface area contributed by atoms with Gasteiger partial charge in [0.05, 0.1) is 18.6 Å². The first-order chi connectivity index (χ1) is 11.4. The number of ether oxygens (including phenoxy) is 1. The van der Waals surface area contributed by atoms with Gasteiger partial charge < -0.3 is 9.72 Å². The van der Waals surface area contributed by atoms with Gasteiger partial charge in [0, 0.05) is 31.9 Å². The van der Waals surface area contributed by atoms with Crippen LogP contribution in [0.1, 0.15) is 17.9 Å². The van der Waals surface area contributed by atoms with Crippen LogP contribution in [0, 0.1) is 6.92 Å². The van der Waals surface area contributed by atoms with Crippen LogP contribution in [0.4, 0.5) is 13.2 Å². The van der Waals surface area contributed by atoms with Gasteiger partial charge in [-0.3, -0.25) is 14.3 Å². The van der Waals surface area contributed by atoms with Gasteiger partial charge in [-0.2, -0.15) is 13.2 Å². The van der Waals surface area contributed by atoms with Crippen molar-refractivity contribution in [1.29, 1.82) is 0 Å². The second-order valence-corrected chi connectivity index (χ2v) is 5.91. The average Bonchev–Trinajstić information content (AvgIpc) is 2.90. The predicted molar refractivity (Wildman–Crippen MR) is 82.0 cm³/mol. The summed E-state index contributed by atoms with van der Waals surface area (Å²) in [5, 5.41) is 0.187. The molecule has 6 nitrogen and oxygen atoms in total. The van der Waals surface area contributed by atoms with Gasteiger partial charge in [-0.1, -0.05) is 0 Å². The molecule has 0 atom stereocenters. The van der Waals surface area contributed by atoms with Crippen LogP contribution in [0.3, 0.4) is 0 Å². The van der Waals surface area contributed by atoms with Crippen molar-refractivity contribution in [1.82, 2.24) is 19.4 Å². The summed E-state index contributed by atoms with van der Waals surface area (Å²) in [6.07, 6.45) is -4.23. The number of aromatic amines is 1. The number of nitrogens with zero attached hydrogens (tertiary/aromatic N) is 3. The van der Waals surface area contributed by atoms with Gasteiger partial charge in [0.2, 0.25) is 5.82 Å². The van der Waals surface area contributed by atoms with E-state index in [9.17, 15) is 18.0 Å². The molecular formula is C15H19F3N4O2. The van der Waals surface area contributed by atoms with Gasteiger partial charge in [-0.05, 0) is 19.4 Å². The highest BCUT2D eigenvalue weighted by atomic mass is 19.4. The number of nitrogens with one attached hydrogen (secondary N) is 1. The highest BCUT2D eigenvalue weighted by Crippen LogP contribution is 2.28. The van der Waals surface area contributed by atoms with E-state index in [1.165, 1.54) is 6.07 Å². The Morgan fingerprint density at radius 3 is 2.67 bits per heavy atom. The molecule has 0 aromatic carbocycles. The summed E-state index contributed by atoms with van der Waals surface area (Å²) in [4.78, 5) is 20.9. The lowest BCUT2D eigenvalue weighted by atomic mass is 10.3. The van der Waals surface area contributed by atoms with E-state index >= 15 is 0 Å². The molecule has 2 aromatic rings. The van der Waals surface area contributed by atoms with Gasteiger partial charge in [0.15, 0.2) is 0 Å². The molecule has 1 aliphatic heterocycles. The van der Waals surface area contributed by atoms with Crippen LogP contribution in [0.25, 0.3) is 11.0 Å². The molecule has 9 heteroatoms. The largest absolute Gasteiger partial charge is 0.449 e. The first-order valence-corrected chi connectivity index (χ1v) is 7.84. The van der Waals surface area contributed by atoms with Crippen LogP contribution in [0.5, 0.6) is 0 Å². The third-order valence-corrected chi connectivity index (χ3v) is 4.09. The SMILES string of the molecule is Cc1cc2c(=O)n(CCCN3CCOCC3)c(C(F)(F)F)nc2[nH]1. The Hall–Kier alpha value is -1.87. The van der Waals surface area contributed by atoms with Crippen molar-refractivity contribution >= 4 is 11.0 Å².